The lowest BCUT2D eigenvalue weighted by molar-refractivity contribution is 0.0527. The average Bonchev–Trinajstić information content (AvgIpc) is 2.50. The third-order valence-electron chi connectivity index (χ3n) is 3.65. The van der Waals surface area contributed by atoms with Crippen LogP contribution in [0.2, 0.25) is 0 Å². The van der Waals surface area contributed by atoms with E-state index in [1.54, 1.807) is 25.1 Å². The molecule has 21 heavy (non-hydrogen) atoms. The lowest BCUT2D eigenvalue weighted by Crippen LogP contribution is -2.33. The smallest absolute Gasteiger partial charge is 0.340 e. The van der Waals surface area contributed by atoms with Crippen LogP contribution in [-0.2, 0) is 4.74 Å². The van der Waals surface area contributed by atoms with Crippen molar-refractivity contribution >= 4 is 11.7 Å². The molecular weight excluding hydrogens is 268 g/mol. The van der Waals surface area contributed by atoms with E-state index in [4.69, 9.17) is 15.2 Å². The highest BCUT2D eigenvalue weighted by molar-refractivity contribution is 5.95. The molecule has 1 fully saturated rings. The quantitative estimate of drug-likeness (QED) is 0.644. The molecule has 0 unspecified atom stereocenters. The number of carbonyl (C=O) groups is 1. The van der Waals surface area contributed by atoms with Crippen LogP contribution in [0.25, 0.3) is 0 Å². The molecular formula is C16H24N2O3. The van der Waals surface area contributed by atoms with Crippen molar-refractivity contribution in [2.45, 2.75) is 26.2 Å². The number of nitrogens with two attached hydrogens (primary N) is 1. The van der Waals surface area contributed by atoms with Crippen molar-refractivity contribution in [2.75, 3.05) is 38.6 Å². The fourth-order valence-electron chi connectivity index (χ4n) is 2.49. The van der Waals surface area contributed by atoms with Crippen LogP contribution in [0.3, 0.4) is 0 Å². The van der Waals surface area contributed by atoms with Crippen molar-refractivity contribution in [2.24, 2.45) is 0 Å². The van der Waals surface area contributed by atoms with Crippen molar-refractivity contribution in [1.29, 1.82) is 0 Å². The van der Waals surface area contributed by atoms with Crippen molar-refractivity contribution in [1.82, 2.24) is 4.90 Å². The first-order valence-electron chi connectivity index (χ1n) is 7.62. The summed E-state index contributed by atoms with van der Waals surface area (Å²) in [7, 11) is 0. The molecule has 0 aliphatic carbocycles. The van der Waals surface area contributed by atoms with E-state index >= 15 is 0 Å². The zero-order chi connectivity index (χ0) is 15.1. The van der Waals surface area contributed by atoms with Crippen LogP contribution in [0, 0.1) is 0 Å². The highest BCUT2D eigenvalue weighted by Crippen LogP contribution is 2.21. The maximum absolute atomic E-state index is 11.8. The van der Waals surface area contributed by atoms with Crippen molar-refractivity contribution in [3.05, 3.63) is 23.8 Å². The maximum Gasteiger partial charge on any atom is 0.340 e. The predicted molar refractivity (Wildman–Crippen MR) is 82.6 cm³/mol. The maximum atomic E-state index is 11.8. The first-order valence-corrected chi connectivity index (χ1v) is 7.62. The summed E-state index contributed by atoms with van der Waals surface area (Å²) in [6.45, 7) is 5.94. The minimum Gasteiger partial charge on any atom is -0.492 e. The van der Waals surface area contributed by atoms with Crippen LogP contribution >= 0.6 is 0 Å². The second-order valence-electron chi connectivity index (χ2n) is 5.22. The molecule has 1 saturated heterocycles. The number of likely N-dealkylation sites (tertiary alicyclic amines) is 1. The number of hydrogen-bond acceptors (Lipinski definition) is 5. The van der Waals surface area contributed by atoms with Gasteiger partial charge in [-0.05, 0) is 51.1 Å². The van der Waals surface area contributed by atoms with E-state index < -0.39 is 5.97 Å². The van der Waals surface area contributed by atoms with Gasteiger partial charge in [0.05, 0.1) is 12.2 Å². The molecule has 0 aromatic heterocycles. The standard InChI is InChI=1S/C16H24N2O3/c1-2-20-16(19)14-12-13(6-7-15(14)17)21-11-10-18-8-4-3-5-9-18/h6-7,12H,2-5,8-11,17H2,1H3. The Morgan fingerprint density at radius 2 is 2.05 bits per heavy atom. The normalized spacial score (nSPS) is 15.7. The summed E-state index contributed by atoms with van der Waals surface area (Å²) in [4.78, 5) is 14.2. The molecule has 2 N–H and O–H groups in total. The van der Waals surface area contributed by atoms with Crippen molar-refractivity contribution < 1.29 is 14.3 Å². The molecule has 5 nitrogen and oxygen atoms in total. The van der Waals surface area contributed by atoms with E-state index in [1.165, 1.54) is 19.3 Å². The highest BCUT2D eigenvalue weighted by Gasteiger charge is 2.13. The Bertz CT molecular complexity index is 471. The van der Waals surface area contributed by atoms with Gasteiger partial charge in [0, 0.05) is 12.2 Å². The number of piperidine rings is 1. The van der Waals surface area contributed by atoms with E-state index in [9.17, 15) is 4.79 Å². The van der Waals surface area contributed by atoms with Gasteiger partial charge in [-0.2, -0.15) is 0 Å². The topological polar surface area (TPSA) is 64.8 Å². The zero-order valence-electron chi connectivity index (χ0n) is 12.6. The largest absolute Gasteiger partial charge is 0.492 e. The molecule has 1 aliphatic rings. The minimum atomic E-state index is -0.406. The van der Waals surface area contributed by atoms with Gasteiger partial charge in [0.25, 0.3) is 0 Å². The number of nitrogen functional groups attached to an aromatic ring is 1. The Hall–Kier alpha value is -1.75. The monoisotopic (exact) mass is 292 g/mol. The van der Waals surface area contributed by atoms with E-state index in [1.807, 2.05) is 0 Å². The molecule has 0 atom stereocenters. The van der Waals surface area contributed by atoms with Gasteiger partial charge < -0.3 is 15.2 Å². The van der Waals surface area contributed by atoms with Gasteiger partial charge in [0.2, 0.25) is 0 Å². The number of nitrogens with zero attached hydrogens (tertiary/aromatic N) is 1. The first-order chi connectivity index (χ1) is 10.2. The lowest BCUT2D eigenvalue weighted by Gasteiger charge is -2.26. The Kier molecular flexibility index (Phi) is 5.87. The summed E-state index contributed by atoms with van der Waals surface area (Å²) in [6, 6.07) is 5.13. The van der Waals surface area contributed by atoms with Crippen molar-refractivity contribution in [3.63, 3.8) is 0 Å². The third-order valence-corrected chi connectivity index (χ3v) is 3.65. The molecule has 0 spiro atoms. The fourth-order valence-corrected chi connectivity index (χ4v) is 2.49. The third kappa shape index (κ3) is 4.63. The molecule has 0 amide bonds. The van der Waals surface area contributed by atoms with Crippen LogP contribution in [0.4, 0.5) is 5.69 Å². The molecule has 0 saturated carbocycles. The molecule has 1 heterocycles. The second kappa shape index (κ2) is 7.88. The predicted octanol–water partition coefficient (Wildman–Crippen LogP) is 2.31. The average molecular weight is 292 g/mol. The van der Waals surface area contributed by atoms with Crippen molar-refractivity contribution in [3.8, 4) is 5.75 Å². The number of ether oxygens (including phenoxy) is 2. The number of rotatable bonds is 6. The van der Waals surface area contributed by atoms with Gasteiger partial charge in [0.15, 0.2) is 0 Å². The van der Waals surface area contributed by atoms with Gasteiger partial charge in [-0.25, -0.2) is 4.79 Å². The highest BCUT2D eigenvalue weighted by atomic mass is 16.5. The van der Waals surface area contributed by atoms with Gasteiger partial charge >= 0.3 is 5.97 Å². The number of anilines is 1. The Morgan fingerprint density at radius 3 is 2.76 bits per heavy atom. The molecule has 116 valence electrons. The first kappa shape index (κ1) is 15.6. The van der Waals surface area contributed by atoms with Gasteiger partial charge in [-0.3, -0.25) is 4.90 Å². The summed E-state index contributed by atoms with van der Waals surface area (Å²) in [6.07, 6.45) is 3.88. The Labute approximate surface area is 126 Å². The number of hydrogen-bond donors (Lipinski definition) is 1. The Balaban J connectivity index is 1.88. The van der Waals surface area contributed by atoms with E-state index in [2.05, 4.69) is 4.90 Å². The van der Waals surface area contributed by atoms with E-state index in [0.29, 0.717) is 30.2 Å². The van der Waals surface area contributed by atoms with Gasteiger partial charge in [-0.15, -0.1) is 0 Å². The molecule has 1 aliphatic heterocycles. The van der Waals surface area contributed by atoms with Crippen LogP contribution < -0.4 is 10.5 Å². The number of carbonyl (C=O) groups excluding carboxylic acids is 1. The van der Waals surface area contributed by atoms with E-state index in [-0.39, 0.29) is 0 Å². The summed E-state index contributed by atoms with van der Waals surface area (Å²) in [5.74, 6) is 0.251. The SMILES string of the molecule is CCOC(=O)c1cc(OCCN2CCCCC2)ccc1N. The summed E-state index contributed by atoms with van der Waals surface area (Å²) in [5.41, 5.74) is 6.58. The summed E-state index contributed by atoms with van der Waals surface area (Å²) >= 11 is 0. The zero-order valence-corrected chi connectivity index (χ0v) is 12.6. The Morgan fingerprint density at radius 1 is 1.29 bits per heavy atom. The molecule has 5 heteroatoms. The minimum absolute atomic E-state index is 0.332. The van der Waals surface area contributed by atoms with Gasteiger partial charge in [-0.1, -0.05) is 6.42 Å². The second-order valence-corrected chi connectivity index (χ2v) is 5.22. The lowest BCUT2D eigenvalue weighted by atomic mass is 10.1. The summed E-state index contributed by atoms with van der Waals surface area (Å²) in [5, 5.41) is 0. The summed E-state index contributed by atoms with van der Waals surface area (Å²) < 4.78 is 10.7. The van der Waals surface area contributed by atoms with E-state index in [0.717, 1.165) is 19.6 Å². The number of benzene rings is 1. The van der Waals surface area contributed by atoms with Crippen LogP contribution in [0.1, 0.15) is 36.5 Å². The van der Waals surface area contributed by atoms with Gasteiger partial charge in [0.1, 0.15) is 12.4 Å². The molecule has 0 radical (unpaired) electrons. The molecule has 1 aromatic rings. The molecule has 1 aromatic carbocycles. The van der Waals surface area contributed by atoms with Crippen LogP contribution in [0.15, 0.2) is 18.2 Å². The molecule has 2 rings (SSSR count). The van der Waals surface area contributed by atoms with Crippen LogP contribution in [0.5, 0.6) is 5.75 Å². The number of esters is 1. The van der Waals surface area contributed by atoms with Crippen LogP contribution in [-0.4, -0.2) is 43.7 Å². The fraction of sp³-hybridized carbons (Fsp3) is 0.562. The molecule has 0 bridgehead atoms.